The van der Waals surface area contributed by atoms with Crippen LogP contribution in [0, 0.1) is 5.41 Å². The molecule has 2 fully saturated rings. The average molecular weight is 229 g/mol. The van der Waals surface area contributed by atoms with Crippen LogP contribution in [-0.2, 0) is 14.3 Å². The van der Waals surface area contributed by atoms with Crippen molar-refractivity contribution in [1.29, 1.82) is 0 Å². The van der Waals surface area contributed by atoms with Crippen molar-refractivity contribution in [2.24, 2.45) is 5.41 Å². The lowest BCUT2D eigenvalue weighted by molar-refractivity contribution is -0.141. The van der Waals surface area contributed by atoms with Crippen molar-refractivity contribution < 1.29 is 14.3 Å². The van der Waals surface area contributed by atoms with Crippen LogP contribution in [0.15, 0.2) is 12.2 Å². The topological polar surface area (TPSA) is 35.5 Å². The molecule has 0 radical (unpaired) electrons. The van der Waals surface area contributed by atoms with Crippen LogP contribution in [0.1, 0.15) is 19.8 Å². The van der Waals surface area contributed by atoms with Crippen LogP contribution >= 0.6 is 11.6 Å². The quantitative estimate of drug-likeness (QED) is 0.419. The lowest BCUT2D eigenvalue weighted by Gasteiger charge is -2.19. The molecule has 0 aromatic rings. The molecule has 1 saturated heterocycles. The maximum Gasteiger partial charge on any atom is 0.302 e. The van der Waals surface area contributed by atoms with Gasteiger partial charge in [-0.2, -0.15) is 0 Å². The van der Waals surface area contributed by atoms with Crippen LogP contribution < -0.4 is 0 Å². The van der Waals surface area contributed by atoms with Crippen molar-refractivity contribution in [3.8, 4) is 0 Å². The van der Waals surface area contributed by atoms with Crippen molar-refractivity contribution in [2.45, 2.75) is 36.8 Å². The Labute approximate surface area is 93.4 Å². The molecule has 4 heteroatoms. The standard InChI is InChI=1S/C11H13ClO3/c1-7(13)14-5-4-10-6-11(10,12)9-3-2-8(10)15-9/h2-3,8-9H,4-6H2,1H3/t8-,9+,10-,11-/m1/s1. The zero-order valence-electron chi connectivity index (χ0n) is 8.53. The number of carbonyl (C=O) groups excluding carboxylic acids is 1. The molecule has 0 aromatic heterocycles. The van der Waals surface area contributed by atoms with E-state index < -0.39 is 0 Å². The third-order valence-corrected chi connectivity index (χ3v) is 4.60. The molecule has 1 saturated carbocycles. The molecule has 2 bridgehead atoms. The molecule has 3 nitrogen and oxygen atoms in total. The van der Waals surface area contributed by atoms with Gasteiger partial charge in [0.05, 0.1) is 23.7 Å². The number of rotatable bonds is 3. The molecule has 4 atom stereocenters. The number of carbonyl (C=O) groups is 1. The highest BCUT2D eigenvalue weighted by Gasteiger charge is 2.79. The number of hydrogen-bond donors (Lipinski definition) is 0. The molecule has 0 N–H and O–H groups in total. The number of hydrogen-bond acceptors (Lipinski definition) is 3. The molecule has 2 aliphatic heterocycles. The third-order valence-electron chi connectivity index (χ3n) is 3.88. The SMILES string of the molecule is CC(=O)OCC[C@]12C[C@@]1(Cl)[C@@H]1C=C[C@H]2O1. The van der Waals surface area contributed by atoms with Crippen molar-refractivity contribution in [3.05, 3.63) is 12.2 Å². The highest BCUT2D eigenvalue weighted by molar-refractivity contribution is 6.28. The Balaban J connectivity index is 1.68. The van der Waals surface area contributed by atoms with Crippen LogP contribution in [0.3, 0.4) is 0 Å². The van der Waals surface area contributed by atoms with Gasteiger partial charge in [0.25, 0.3) is 0 Å². The Morgan fingerprint density at radius 1 is 1.60 bits per heavy atom. The van der Waals surface area contributed by atoms with Gasteiger partial charge in [-0.3, -0.25) is 4.79 Å². The fourth-order valence-corrected chi connectivity index (χ4v) is 3.54. The second-order valence-electron chi connectivity index (χ2n) is 4.65. The number of ether oxygens (including phenoxy) is 2. The second-order valence-corrected chi connectivity index (χ2v) is 5.32. The first-order valence-corrected chi connectivity index (χ1v) is 5.62. The molecule has 2 heterocycles. The number of esters is 1. The molecule has 3 aliphatic rings. The molecule has 15 heavy (non-hydrogen) atoms. The largest absolute Gasteiger partial charge is 0.466 e. The highest BCUT2D eigenvalue weighted by Crippen LogP contribution is 2.74. The van der Waals surface area contributed by atoms with Crippen LogP contribution in [0.2, 0.25) is 0 Å². The van der Waals surface area contributed by atoms with E-state index in [-0.39, 0.29) is 28.5 Å². The molecule has 0 aromatic carbocycles. The lowest BCUT2D eigenvalue weighted by Crippen LogP contribution is -2.26. The zero-order valence-corrected chi connectivity index (χ0v) is 9.29. The van der Waals surface area contributed by atoms with Crippen LogP contribution in [0.4, 0.5) is 0 Å². The Morgan fingerprint density at radius 3 is 2.93 bits per heavy atom. The maximum absolute atomic E-state index is 10.7. The lowest BCUT2D eigenvalue weighted by atomic mass is 9.89. The summed E-state index contributed by atoms with van der Waals surface area (Å²) < 4.78 is 10.7. The van der Waals surface area contributed by atoms with Crippen LogP contribution in [-0.4, -0.2) is 29.7 Å². The van der Waals surface area contributed by atoms with Crippen LogP contribution in [0.25, 0.3) is 0 Å². The summed E-state index contributed by atoms with van der Waals surface area (Å²) in [5.41, 5.74) is 0.0312. The summed E-state index contributed by atoms with van der Waals surface area (Å²) in [6, 6.07) is 0. The van der Waals surface area contributed by atoms with E-state index in [4.69, 9.17) is 21.1 Å². The minimum Gasteiger partial charge on any atom is -0.466 e. The average Bonchev–Trinajstić information content (AvgIpc) is 2.57. The summed E-state index contributed by atoms with van der Waals surface area (Å²) >= 11 is 6.49. The van der Waals surface area contributed by atoms with Gasteiger partial charge in [0.15, 0.2) is 0 Å². The van der Waals surface area contributed by atoms with Crippen molar-refractivity contribution in [2.75, 3.05) is 6.61 Å². The summed E-state index contributed by atoms with van der Waals surface area (Å²) in [7, 11) is 0. The molecular formula is C11H13ClO3. The van der Waals surface area contributed by atoms with E-state index in [1.54, 1.807) is 0 Å². The normalized spacial score (nSPS) is 49.2. The predicted molar refractivity (Wildman–Crippen MR) is 54.7 cm³/mol. The van der Waals surface area contributed by atoms with Crippen molar-refractivity contribution >= 4 is 17.6 Å². The van der Waals surface area contributed by atoms with Gasteiger partial charge in [-0.25, -0.2) is 0 Å². The van der Waals surface area contributed by atoms with E-state index in [1.807, 2.05) is 0 Å². The Bertz CT molecular complexity index is 354. The van der Waals surface area contributed by atoms with Gasteiger partial charge in [-0.1, -0.05) is 12.2 Å². The van der Waals surface area contributed by atoms with Crippen molar-refractivity contribution in [3.63, 3.8) is 0 Å². The fourth-order valence-electron chi connectivity index (χ4n) is 2.98. The first-order chi connectivity index (χ1) is 7.08. The van der Waals surface area contributed by atoms with Gasteiger partial charge >= 0.3 is 5.97 Å². The van der Waals surface area contributed by atoms with E-state index >= 15 is 0 Å². The fraction of sp³-hybridized carbons (Fsp3) is 0.727. The molecular weight excluding hydrogens is 216 g/mol. The second kappa shape index (κ2) is 2.77. The van der Waals surface area contributed by atoms with E-state index in [0.717, 1.165) is 12.8 Å². The number of alkyl halides is 1. The highest BCUT2D eigenvalue weighted by atomic mass is 35.5. The third kappa shape index (κ3) is 1.08. The Morgan fingerprint density at radius 2 is 2.33 bits per heavy atom. The van der Waals surface area contributed by atoms with E-state index in [1.165, 1.54) is 6.92 Å². The molecule has 1 aliphatic carbocycles. The minimum atomic E-state index is -0.230. The van der Waals surface area contributed by atoms with Gasteiger partial charge < -0.3 is 9.47 Å². The summed E-state index contributed by atoms with van der Waals surface area (Å²) in [6.45, 7) is 1.87. The monoisotopic (exact) mass is 228 g/mol. The molecule has 0 unspecified atom stereocenters. The first kappa shape index (κ1) is 9.67. The Hall–Kier alpha value is -0.540. The van der Waals surface area contributed by atoms with Crippen LogP contribution in [0.5, 0.6) is 0 Å². The van der Waals surface area contributed by atoms with Gasteiger partial charge in [-0.05, 0) is 12.8 Å². The summed E-state index contributed by atoms with van der Waals surface area (Å²) in [5, 5.41) is 0. The molecule has 0 amide bonds. The van der Waals surface area contributed by atoms with Gasteiger partial charge in [0.1, 0.15) is 0 Å². The molecule has 82 valence electrons. The predicted octanol–water partition coefficient (Wildman–Crippen LogP) is 1.64. The Kier molecular flexibility index (Phi) is 1.79. The number of fused-ring (bicyclic) bond motifs is 5. The number of halogens is 1. The van der Waals surface area contributed by atoms with Gasteiger partial charge in [0.2, 0.25) is 0 Å². The van der Waals surface area contributed by atoms with Crippen molar-refractivity contribution in [1.82, 2.24) is 0 Å². The smallest absolute Gasteiger partial charge is 0.302 e. The summed E-state index contributed by atoms with van der Waals surface area (Å²) in [4.78, 5) is 10.5. The van der Waals surface area contributed by atoms with E-state index in [0.29, 0.717) is 6.61 Å². The summed E-state index contributed by atoms with van der Waals surface area (Å²) in [5.74, 6) is -0.230. The minimum absolute atomic E-state index is 0.0312. The maximum atomic E-state index is 10.7. The van der Waals surface area contributed by atoms with E-state index in [9.17, 15) is 4.79 Å². The summed E-state index contributed by atoms with van der Waals surface area (Å²) in [6.07, 6.45) is 6.13. The molecule has 0 spiro atoms. The zero-order chi connectivity index (χ0) is 10.7. The first-order valence-electron chi connectivity index (χ1n) is 5.25. The van der Waals surface area contributed by atoms with E-state index in [2.05, 4.69) is 12.2 Å². The molecule has 3 rings (SSSR count). The van der Waals surface area contributed by atoms with Gasteiger partial charge in [-0.15, -0.1) is 11.6 Å². The van der Waals surface area contributed by atoms with Gasteiger partial charge in [0, 0.05) is 12.3 Å².